The van der Waals surface area contributed by atoms with Crippen molar-refractivity contribution in [2.75, 3.05) is 18.1 Å². The maximum Gasteiger partial charge on any atom is 0.119 e. The van der Waals surface area contributed by atoms with Crippen LogP contribution in [0.5, 0.6) is 5.75 Å². The van der Waals surface area contributed by atoms with Crippen LogP contribution in [0.15, 0.2) is 24.3 Å². The number of rotatable bonds is 7. The fourth-order valence-corrected chi connectivity index (χ4v) is 2.15. The quantitative estimate of drug-likeness (QED) is 0.552. The molecular formula is C12H17BrOS. The minimum absolute atomic E-state index is 0.820. The van der Waals surface area contributed by atoms with Gasteiger partial charge in [0, 0.05) is 5.33 Å². The second kappa shape index (κ2) is 8.05. The van der Waals surface area contributed by atoms with E-state index in [-0.39, 0.29) is 0 Å². The van der Waals surface area contributed by atoms with Gasteiger partial charge in [0.05, 0.1) is 6.61 Å². The van der Waals surface area contributed by atoms with Gasteiger partial charge < -0.3 is 4.74 Å². The molecule has 84 valence electrons. The fraction of sp³-hybridized carbons (Fsp3) is 0.500. The van der Waals surface area contributed by atoms with Crippen LogP contribution in [0.4, 0.5) is 0 Å². The molecule has 0 radical (unpaired) electrons. The average molecular weight is 289 g/mol. The first-order valence-corrected chi connectivity index (χ1v) is 7.50. The Morgan fingerprint density at radius 2 is 2.00 bits per heavy atom. The molecule has 0 amide bonds. The number of ether oxygens (including phenoxy) is 1. The second-order valence-corrected chi connectivity index (χ2v) is 5.13. The molecule has 0 fully saturated rings. The van der Waals surface area contributed by atoms with Gasteiger partial charge in [0.1, 0.15) is 5.75 Å². The molecule has 1 aromatic rings. The average Bonchev–Trinajstić information content (AvgIpc) is 2.30. The summed E-state index contributed by atoms with van der Waals surface area (Å²) in [4.78, 5) is 0. The first-order chi connectivity index (χ1) is 7.36. The molecule has 0 N–H and O–H groups in total. The molecule has 0 aliphatic carbocycles. The minimum atomic E-state index is 0.820. The molecule has 0 atom stereocenters. The van der Waals surface area contributed by atoms with Crippen LogP contribution in [0.25, 0.3) is 0 Å². The Balaban J connectivity index is 2.20. The van der Waals surface area contributed by atoms with Crippen molar-refractivity contribution in [1.82, 2.24) is 0 Å². The van der Waals surface area contributed by atoms with Crippen LogP contribution in [-0.2, 0) is 5.33 Å². The molecule has 15 heavy (non-hydrogen) atoms. The van der Waals surface area contributed by atoms with Crippen molar-refractivity contribution < 1.29 is 4.74 Å². The minimum Gasteiger partial charge on any atom is -0.494 e. The largest absolute Gasteiger partial charge is 0.494 e. The molecule has 0 heterocycles. The zero-order chi connectivity index (χ0) is 10.9. The summed E-state index contributed by atoms with van der Waals surface area (Å²) in [5.41, 5.74) is 1.28. The van der Waals surface area contributed by atoms with Crippen molar-refractivity contribution in [1.29, 1.82) is 0 Å². The van der Waals surface area contributed by atoms with E-state index in [0.29, 0.717) is 0 Å². The fourth-order valence-electron chi connectivity index (χ4n) is 1.17. The summed E-state index contributed by atoms with van der Waals surface area (Å²) in [7, 11) is 0. The summed E-state index contributed by atoms with van der Waals surface area (Å²) < 4.78 is 5.62. The third-order valence-electron chi connectivity index (χ3n) is 1.98. The van der Waals surface area contributed by atoms with Crippen molar-refractivity contribution in [2.24, 2.45) is 0 Å². The van der Waals surface area contributed by atoms with Gasteiger partial charge in [-0.15, -0.1) is 0 Å². The summed E-state index contributed by atoms with van der Waals surface area (Å²) in [6, 6.07) is 8.24. The van der Waals surface area contributed by atoms with E-state index < -0.39 is 0 Å². The lowest BCUT2D eigenvalue weighted by Gasteiger charge is -2.06. The summed E-state index contributed by atoms with van der Waals surface area (Å²) in [5.74, 6) is 3.36. The van der Waals surface area contributed by atoms with Gasteiger partial charge >= 0.3 is 0 Å². The number of hydrogen-bond acceptors (Lipinski definition) is 2. The molecule has 0 aliphatic rings. The SMILES string of the molecule is CCSCCCOc1ccc(CBr)cc1. The molecule has 1 nitrogen and oxygen atoms in total. The molecule has 0 bridgehead atoms. The number of halogens is 1. The van der Waals surface area contributed by atoms with E-state index in [1.165, 1.54) is 17.1 Å². The van der Waals surface area contributed by atoms with Crippen LogP contribution in [0.3, 0.4) is 0 Å². The molecule has 1 rings (SSSR count). The second-order valence-electron chi connectivity index (χ2n) is 3.18. The summed E-state index contributed by atoms with van der Waals surface area (Å²) in [6.07, 6.45) is 1.12. The molecule has 0 spiro atoms. The zero-order valence-electron chi connectivity index (χ0n) is 9.04. The van der Waals surface area contributed by atoms with Gasteiger partial charge in [-0.25, -0.2) is 0 Å². The van der Waals surface area contributed by atoms with Gasteiger partial charge in [0.2, 0.25) is 0 Å². The Kier molecular flexibility index (Phi) is 6.94. The van der Waals surface area contributed by atoms with Crippen LogP contribution in [-0.4, -0.2) is 18.1 Å². The first kappa shape index (κ1) is 12.9. The van der Waals surface area contributed by atoms with Crippen molar-refractivity contribution >= 4 is 27.7 Å². The van der Waals surface area contributed by atoms with Crippen molar-refractivity contribution in [3.63, 3.8) is 0 Å². The topological polar surface area (TPSA) is 9.23 Å². The molecule has 3 heteroatoms. The van der Waals surface area contributed by atoms with E-state index in [0.717, 1.165) is 24.1 Å². The van der Waals surface area contributed by atoms with Crippen LogP contribution in [0, 0.1) is 0 Å². The van der Waals surface area contributed by atoms with Gasteiger partial charge in [-0.3, -0.25) is 0 Å². The Morgan fingerprint density at radius 3 is 2.60 bits per heavy atom. The molecule has 0 saturated heterocycles. The van der Waals surface area contributed by atoms with E-state index in [1.54, 1.807) is 0 Å². The summed E-state index contributed by atoms with van der Waals surface area (Å²) in [5, 5.41) is 0.903. The number of benzene rings is 1. The summed E-state index contributed by atoms with van der Waals surface area (Å²) in [6.45, 7) is 3.01. The lowest BCUT2D eigenvalue weighted by Crippen LogP contribution is -1.98. The predicted octanol–water partition coefficient (Wildman–Crippen LogP) is 4.10. The molecule has 0 unspecified atom stereocenters. The molecule has 0 aliphatic heterocycles. The van der Waals surface area contributed by atoms with Gasteiger partial charge in [0.15, 0.2) is 0 Å². The monoisotopic (exact) mass is 288 g/mol. The maximum absolute atomic E-state index is 5.62. The van der Waals surface area contributed by atoms with E-state index in [1.807, 2.05) is 23.9 Å². The van der Waals surface area contributed by atoms with Crippen molar-refractivity contribution in [3.8, 4) is 5.75 Å². The normalized spacial score (nSPS) is 10.3. The van der Waals surface area contributed by atoms with E-state index in [4.69, 9.17) is 4.74 Å². The van der Waals surface area contributed by atoms with Crippen molar-refractivity contribution in [2.45, 2.75) is 18.7 Å². The summed E-state index contributed by atoms with van der Waals surface area (Å²) >= 11 is 5.38. The molecule has 0 aromatic heterocycles. The van der Waals surface area contributed by atoms with E-state index in [9.17, 15) is 0 Å². The van der Waals surface area contributed by atoms with Crippen LogP contribution < -0.4 is 4.74 Å². The Hall–Kier alpha value is -0.150. The van der Waals surface area contributed by atoms with Crippen LogP contribution >= 0.6 is 27.7 Å². The highest BCUT2D eigenvalue weighted by Gasteiger charge is 1.94. The lowest BCUT2D eigenvalue weighted by molar-refractivity contribution is 0.318. The molecular weight excluding hydrogens is 272 g/mol. The third kappa shape index (κ3) is 5.47. The highest BCUT2D eigenvalue weighted by molar-refractivity contribution is 9.08. The predicted molar refractivity (Wildman–Crippen MR) is 72.2 cm³/mol. The zero-order valence-corrected chi connectivity index (χ0v) is 11.4. The lowest BCUT2D eigenvalue weighted by atomic mass is 10.2. The van der Waals surface area contributed by atoms with Gasteiger partial charge in [-0.1, -0.05) is 35.0 Å². The maximum atomic E-state index is 5.62. The van der Waals surface area contributed by atoms with Crippen LogP contribution in [0.1, 0.15) is 18.9 Å². The molecule has 0 saturated carbocycles. The first-order valence-electron chi connectivity index (χ1n) is 5.22. The smallest absolute Gasteiger partial charge is 0.119 e. The highest BCUT2D eigenvalue weighted by Crippen LogP contribution is 2.14. The van der Waals surface area contributed by atoms with Gasteiger partial charge in [0.25, 0.3) is 0 Å². The van der Waals surface area contributed by atoms with E-state index >= 15 is 0 Å². The highest BCUT2D eigenvalue weighted by atomic mass is 79.9. The Bertz CT molecular complexity index is 261. The van der Waals surface area contributed by atoms with Gasteiger partial charge in [-0.05, 0) is 35.6 Å². The number of thioether (sulfide) groups is 1. The Morgan fingerprint density at radius 1 is 1.27 bits per heavy atom. The van der Waals surface area contributed by atoms with Crippen LogP contribution in [0.2, 0.25) is 0 Å². The third-order valence-corrected chi connectivity index (χ3v) is 3.62. The standard InChI is InChI=1S/C12H17BrOS/c1-2-15-9-3-8-14-12-6-4-11(10-13)5-7-12/h4-7H,2-3,8-10H2,1H3. The Labute approximate surface area is 105 Å². The number of alkyl halides is 1. The number of hydrogen-bond donors (Lipinski definition) is 0. The van der Waals surface area contributed by atoms with E-state index in [2.05, 4.69) is 35.0 Å². The van der Waals surface area contributed by atoms with Gasteiger partial charge in [-0.2, -0.15) is 11.8 Å². The molecule has 1 aromatic carbocycles. The van der Waals surface area contributed by atoms with Crippen molar-refractivity contribution in [3.05, 3.63) is 29.8 Å².